The maximum absolute atomic E-state index is 13.6. The molecule has 0 aromatic heterocycles. The van der Waals surface area contributed by atoms with Gasteiger partial charge in [-0.1, -0.05) is 38.1 Å². The third kappa shape index (κ3) is 12.9. The van der Waals surface area contributed by atoms with Gasteiger partial charge in [-0.2, -0.15) is 0 Å². The summed E-state index contributed by atoms with van der Waals surface area (Å²) < 4.78 is 20.4. The molecular weight excluding hydrogens is 656 g/mol. The van der Waals surface area contributed by atoms with Crippen LogP contribution >= 0.6 is 11.8 Å². The second-order valence-corrected chi connectivity index (χ2v) is 13.1. The van der Waals surface area contributed by atoms with E-state index in [9.17, 15) is 34.2 Å². The predicted octanol–water partition coefficient (Wildman–Crippen LogP) is 4.29. The third-order valence-electron chi connectivity index (χ3n) is 6.66. The van der Waals surface area contributed by atoms with Crippen molar-refractivity contribution in [1.82, 2.24) is 10.6 Å². The first kappa shape index (κ1) is 40.2. The lowest BCUT2D eigenvalue weighted by Crippen LogP contribution is -2.55. The minimum atomic E-state index is -1.39. The van der Waals surface area contributed by atoms with Crippen LogP contribution in [0.15, 0.2) is 48.6 Å². The summed E-state index contributed by atoms with van der Waals surface area (Å²) in [6, 6.07) is 6.48. The smallest absolute Gasteiger partial charge is 0.408 e. The Morgan fingerprint density at radius 2 is 1.31 bits per heavy atom. The largest absolute Gasteiger partial charge is 0.504 e. The summed E-state index contributed by atoms with van der Waals surface area (Å²) in [4.78, 5) is 65.7. The number of ether oxygens (including phenoxy) is 4. The van der Waals surface area contributed by atoms with Gasteiger partial charge in [-0.05, 0) is 74.2 Å². The number of phenolic OH excluding ortho intramolecular Hbond substituents is 2. The quantitative estimate of drug-likeness (QED) is 0.111. The monoisotopic (exact) mass is 700 g/mol. The first-order valence-electron chi connectivity index (χ1n) is 15.2. The van der Waals surface area contributed by atoms with E-state index in [4.69, 9.17) is 18.9 Å². The molecule has 0 unspecified atom stereocenters. The van der Waals surface area contributed by atoms with Crippen LogP contribution in [0.1, 0.15) is 45.7 Å². The van der Waals surface area contributed by atoms with Crippen LogP contribution in [-0.2, 0) is 28.7 Å². The van der Waals surface area contributed by atoms with Gasteiger partial charge in [-0.3, -0.25) is 14.4 Å². The zero-order valence-electron chi connectivity index (χ0n) is 28.8. The van der Waals surface area contributed by atoms with E-state index in [1.807, 2.05) is 0 Å². The number of hydrogen-bond donors (Lipinski definition) is 4. The van der Waals surface area contributed by atoms with Gasteiger partial charge in [0.2, 0.25) is 5.91 Å². The number of esters is 1. The van der Waals surface area contributed by atoms with Crippen molar-refractivity contribution in [2.24, 2.45) is 5.92 Å². The fourth-order valence-electron chi connectivity index (χ4n) is 4.14. The Kier molecular flexibility index (Phi) is 15.2. The number of ketones is 2. The summed E-state index contributed by atoms with van der Waals surface area (Å²) in [5.41, 5.74) is 0.0948. The van der Waals surface area contributed by atoms with Crippen molar-refractivity contribution in [3.8, 4) is 23.0 Å². The minimum Gasteiger partial charge on any atom is -0.504 e. The summed E-state index contributed by atoms with van der Waals surface area (Å²) in [5.74, 6) is -3.21. The van der Waals surface area contributed by atoms with Crippen molar-refractivity contribution in [3.63, 3.8) is 0 Å². The van der Waals surface area contributed by atoms with Crippen LogP contribution in [0.2, 0.25) is 0 Å². The second-order valence-electron chi connectivity index (χ2n) is 12.0. The molecule has 0 saturated carbocycles. The molecule has 4 N–H and O–H groups in total. The summed E-state index contributed by atoms with van der Waals surface area (Å²) in [6.07, 6.45) is 4.31. The van der Waals surface area contributed by atoms with E-state index in [1.165, 1.54) is 69.9 Å². The number of benzene rings is 2. The van der Waals surface area contributed by atoms with Crippen molar-refractivity contribution in [2.75, 3.05) is 27.1 Å². The van der Waals surface area contributed by atoms with E-state index in [1.54, 1.807) is 46.8 Å². The van der Waals surface area contributed by atoms with E-state index in [2.05, 4.69) is 10.6 Å². The van der Waals surface area contributed by atoms with Gasteiger partial charge in [0, 0.05) is 5.75 Å². The molecule has 0 spiro atoms. The van der Waals surface area contributed by atoms with Crippen molar-refractivity contribution in [1.29, 1.82) is 0 Å². The van der Waals surface area contributed by atoms with Crippen LogP contribution in [0.3, 0.4) is 0 Å². The van der Waals surface area contributed by atoms with Gasteiger partial charge in [-0.15, -0.1) is 11.8 Å². The number of methoxy groups -OCH3 is 3. The molecule has 13 nitrogen and oxygen atoms in total. The molecule has 14 heteroatoms. The van der Waals surface area contributed by atoms with Gasteiger partial charge in [0.15, 0.2) is 34.6 Å². The molecule has 0 aliphatic carbocycles. The lowest BCUT2D eigenvalue weighted by molar-refractivity contribution is -0.146. The molecule has 266 valence electrons. The van der Waals surface area contributed by atoms with Gasteiger partial charge in [0.05, 0.1) is 21.3 Å². The Balaban J connectivity index is 2.45. The molecule has 2 rings (SSSR count). The Morgan fingerprint density at radius 1 is 0.816 bits per heavy atom. The highest BCUT2D eigenvalue weighted by Crippen LogP contribution is 2.28. The minimum absolute atomic E-state index is 0.0979. The first-order valence-corrected chi connectivity index (χ1v) is 16.2. The zero-order chi connectivity index (χ0) is 36.9. The Hall–Kier alpha value is -4.98. The average molecular weight is 701 g/mol. The average Bonchev–Trinajstić information content (AvgIpc) is 3.04. The van der Waals surface area contributed by atoms with Crippen LogP contribution in [0.5, 0.6) is 23.0 Å². The number of carbonyl (C=O) groups excluding carboxylic acids is 5. The second kappa shape index (κ2) is 18.5. The van der Waals surface area contributed by atoms with Crippen LogP contribution in [0.4, 0.5) is 4.79 Å². The van der Waals surface area contributed by atoms with E-state index < -0.39 is 52.5 Å². The van der Waals surface area contributed by atoms with Gasteiger partial charge < -0.3 is 39.8 Å². The highest BCUT2D eigenvalue weighted by molar-refractivity contribution is 8.01. The number of amides is 2. The van der Waals surface area contributed by atoms with E-state index in [-0.39, 0.29) is 34.7 Å². The van der Waals surface area contributed by atoms with E-state index in [0.29, 0.717) is 11.1 Å². The predicted molar refractivity (Wildman–Crippen MR) is 186 cm³/mol. The number of hydrogen-bond acceptors (Lipinski definition) is 12. The third-order valence-corrected chi connectivity index (χ3v) is 7.98. The SMILES string of the molecule is COC(=O)[C@@H](NC(=O)[C@H](CSC(C(=O)/C=C/c1ccc(O)c(OC)c1)C(=O)/C=C/c1ccc(O)c(OC)c1)NC(=O)OC(C)(C)C)C(C)C. The van der Waals surface area contributed by atoms with Gasteiger partial charge >= 0.3 is 12.1 Å². The molecule has 2 aromatic carbocycles. The van der Waals surface area contributed by atoms with Crippen LogP contribution in [0, 0.1) is 5.92 Å². The van der Waals surface area contributed by atoms with E-state index >= 15 is 0 Å². The molecule has 0 aliphatic heterocycles. The first-order chi connectivity index (χ1) is 23.0. The van der Waals surface area contributed by atoms with E-state index in [0.717, 1.165) is 11.8 Å². The molecule has 0 bridgehead atoms. The highest BCUT2D eigenvalue weighted by atomic mass is 32.2. The number of nitrogens with one attached hydrogen (secondary N) is 2. The maximum atomic E-state index is 13.6. The summed E-state index contributed by atoms with van der Waals surface area (Å²) in [5, 5.41) is 23.5. The lowest BCUT2D eigenvalue weighted by Gasteiger charge is -2.26. The molecule has 0 heterocycles. The lowest BCUT2D eigenvalue weighted by atomic mass is 10.0. The highest BCUT2D eigenvalue weighted by Gasteiger charge is 2.33. The zero-order valence-corrected chi connectivity index (χ0v) is 29.6. The van der Waals surface area contributed by atoms with Crippen molar-refractivity contribution in [3.05, 3.63) is 59.7 Å². The molecule has 0 radical (unpaired) electrons. The fraction of sp³-hybridized carbons (Fsp3) is 0.400. The van der Waals surface area contributed by atoms with Crippen LogP contribution < -0.4 is 20.1 Å². The van der Waals surface area contributed by atoms with Crippen LogP contribution in [0.25, 0.3) is 12.2 Å². The topological polar surface area (TPSA) is 187 Å². The Morgan fingerprint density at radius 3 is 1.71 bits per heavy atom. The molecule has 0 fully saturated rings. The maximum Gasteiger partial charge on any atom is 0.408 e. The number of carbonyl (C=O) groups is 5. The molecule has 2 aromatic rings. The number of allylic oxidation sites excluding steroid dienone is 2. The van der Waals surface area contributed by atoms with Crippen molar-refractivity contribution < 1.29 is 53.1 Å². The number of rotatable bonds is 16. The Labute approximate surface area is 290 Å². The number of aromatic hydroxyl groups is 2. The molecular formula is C35H44N2O11S. The molecule has 2 atom stereocenters. The molecule has 0 saturated heterocycles. The summed E-state index contributed by atoms with van der Waals surface area (Å²) in [6.45, 7) is 8.32. The van der Waals surface area contributed by atoms with Crippen molar-refractivity contribution in [2.45, 2.75) is 57.6 Å². The van der Waals surface area contributed by atoms with Gasteiger partial charge in [0.1, 0.15) is 22.9 Å². The van der Waals surface area contributed by atoms with Gasteiger partial charge in [-0.25, -0.2) is 9.59 Å². The molecule has 49 heavy (non-hydrogen) atoms. The normalized spacial score (nSPS) is 12.9. The fourth-order valence-corrected chi connectivity index (χ4v) is 5.24. The summed E-state index contributed by atoms with van der Waals surface area (Å²) in [7, 11) is 3.94. The Bertz CT molecular complexity index is 1490. The standard InChI is InChI=1S/C35H44N2O11S/c1-20(2)30(33(43)47-8)37-32(42)23(36-34(44)48-35(3,4)5)19-49-31(26(40)15-11-21-9-13-24(38)28(17-21)45-6)27(41)16-12-22-10-14-25(39)29(18-22)46-7/h9-18,20,23,30-31,38-39H,19H2,1-8H3,(H,36,44)(H,37,42)/b15-11+,16-12+/t23-,30-/m0/s1. The van der Waals surface area contributed by atoms with Gasteiger partial charge in [0.25, 0.3) is 0 Å². The molecule has 0 aliphatic rings. The van der Waals surface area contributed by atoms with Crippen LogP contribution in [-0.4, -0.2) is 89.8 Å². The molecule has 2 amide bonds. The number of alkyl carbamates (subject to hydrolysis) is 1. The summed E-state index contributed by atoms with van der Waals surface area (Å²) >= 11 is 0.796. The number of thioether (sulfide) groups is 1. The number of phenols is 2. The van der Waals surface area contributed by atoms with Crippen molar-refractivity contribution >= 4 is 53.5 Å².